The van der Waals surface area contributed by atoms with Crippen LogP contribution in [0.25, 0.3) is 0 Å². The first kappa shape index (κ1) is 39.7. The van der Waals surface area contributed by atoms with Crippen LogP contribution in [-0.4, -0.2) is 69.4 Å². The molecule has 0 spiro atoms. The zero-order valence-corrected chi connectivity index (χ0v) is 28.2. The van der Waals surface area contributed by atoms with E-state index >= 15 is 0 Å². The van der Waals surface area contributed by atoms with Crippen LogP contribution in [-0.2, 0) is 9.47 Å². The molecule has 1 atom stereocenters. The molecule has 242 valence electrons. The van der Waals surface area contributed by atoms with Gasteiger partial charge >= 0.3 is 6.16 Å². The van der Waals surface area contributed by atoms with Crippen molar-refractivity contribution >= 4 is 6.16 Å². The summed E-state index contributed by atoms with van der Waals surface area (Å²) in [6, 6.07) is 0. The number of likely N-dealkylation sites (N-methyl/N-ethyl adjacent to an activating group) is 2. The first-order chi connectivity index (χ1) is 20.0. The van der Waals surface area contributed by atoms with Crippen LogP contribution in [0.15, 0.2) is 24.3 Å². The molecule has 0 amide bonds. The Balaban J connectivity index is 4.15. The van der Waals surface area contributed by atoms with Crippen LogP contribution in [0.1, 0.15) is 149 Å². The van der Waals surface area contributed by atoms with Crippen LogP contribution in [0.4, 0.5) is 4.79 Å². The number of hydrogen-bond acceptors (Lipinski definition) is 5. The van der Waals surface area contributed by atoms with Gasteiger partial charge in [0, 0.05) is 19.6 Å². The molecule has 41 heavy (non-hydrogen) atoms. The summed E-state index contributed by atoms with van der Waals surface area (Å²) in [7, 11) is 6.21. The highest BCUT2D eigenvalue weighted by molar-refractivity contribution is 5.60. The van der Waals surface area contributed by atoms with Crippen LogP contribution in [0.5, 0.6) is 0 Å². The van der Waals surface area contributed by atoms with E-state index in [4.69, 9.17) is 9.47 Å². The van der Waals surface area contributed by atoms with Crippen LogP contribution in [0.2, 0.25) is 0 Å². The van der Waals surface area contributed by atoms with Crippen LogP contribution in [0.3, 0.4) is 0 Å². The zero-order chi connectivity index (χ0) is 30.2. The summed E-state index contributed by atoms with van der Waals surface area (Å²) in [5, 5.41) is 0. The second-order valence-corrected chi connectivity index (χ2v) is 12.2. The van der Waals surface area contributed by atoms with Crippen molar-refractivity contribution in [2.75, 3.05) is 47.4 Å². The number of allylic oxidation sites excluding steroid dienone is 4. The van der Waals surface area contributed by atoms with Gasteiger partial charge in [-0.15, -0.1) is 0 Å². The lowest BCUT2D eigenvalue weighted by Gasteiger charge is -2.20. The van der Waals surface area contributed by atoms with Crippen molar-refractivity contribution in [2.24, 2.45) is 0 Å². The molecular weight excluding hydrogens is 508 g/mol. The van der Waals surface area contributed by atoms with E-state index < -0.39 is 6.16 Å². The molecule has 0 saturated heterocycles. The van der Waals surface area contributed by atoms with Gasteiger partial charge in [0.25, 0.3) is 0 Å². The van der Waals surface area contributed by atoms with Crippen molar-refractivity contribution in [3.05, 3.63) is 24.3 Å². The minimum Gasteiger partial charge on any atom is -0.433 e. The van der Waals surface area contributed by atoms with E-state index in [-0.39, 0.29) is 6.10 Å². The van der Waals surface area contributed by atoms with Crippen molar-refractivity contribution in [1.82, 2.24) is 9.80 Å². The second-order valence-electron chi connectivity index (χ2n) is 12.2. The van der Waals surface area contributed by atoms with E-state index in [9.17, 15) is 4.79 Å². The summed E-state index contributed by atoms with van der Waals surface area (Å²) < 4.78 is 11.2. The van der Waals surface area contributed by atoms with Gasteiger partial charge in [-0.25, -0.2) is 4.79 Å². The fourth-order valence-electron chi connectivity index (χ4n) is 4.89. The van der Waals surface area contributed by atoms with Gasteiger partial charge in [0.15, 0.2) is 0 Å². The maximum Gasteiger partial charge on any atom is 0.508 e. The molecule has 0 aliphatic rings. The van der Waals surface area contributed by atoms with E-state index in [1.165, 1.54) is 103 Å². The third kappa shape index (κ3) is 31.4. The Morgan fingerprint density at radius 2 is 1.10 bits per heavy atom. The number of hydrogen-bond donors (Lipinski definition) is 0. The second kappa shape index (κ2) is 31.6. The Bertz CT molecular complexity index is 606. The van der Waals surface area contributed by atoms with Crippen LogP contribution < -0.4 is 0 Å². The first-order valence-corrected chi connectivity index (χ1v) is 17.5. The van der Waals surface area contributed by atoms with E-state index in [0.29, 0.717) is 6.61 Å². The van der Waals surface area contributed by atoms with E-state index in [0.717, 1.165) is 51.7 Å². The van der Waals surface area contributed by atoms with Gasteiger partial charge in [-0.2, -0.15) is 0 Å². The number of unbranched alkanes of at least 4 members (excludes halogenated alkanes) is 15. The molecule has 0 bridgehead atoms. The molecule has 0 aromatic carbocycles. The standard InChI is InChI=1S/C36H70N2O3/c1-6-8-10-12-14-16-17-18-19-20-21-22-24-26-28-30-35(29-27-25-23-15-13-11-9-7-2)41-36(39)40-34-33-38(5)32-31-37(3)4/h14,16,18-19,35H,6-13,15,17,20-34H2,1-5H3/b16-14-,19-18-. The average Bonchev–Trinajstić information content (AvgIpc) is 2.95. The van der Waals surface area contributed by atoms with Gasteiger partial charge in [-0.3, -0.25) is 0 Å². The predicted molar refractivity (Wildman–Crippen MR) is 179 cm³/mol. The zero-order valence-electron chi connectivity index (χ0n) is 28.2. The molecule has 0 heterocycles. The Hall–Kier alpha value is -1.33. The fraction of sp³-hybridized carbons (Fsp3) is 0.861. The van der Waals surface area contributed by atoms with Crippen molar-refractivity contribution < 1.29 is 14.3 Å². The fourth-order valence-corrected chi connectivity index (χ4v) is 4.89. The highest BCUT2D eigenvalue weighted by atomic mass is 16.7. The molecular formula is C36H70N2O3. The van der Waals surface area contributed by atoms with Crippen LogP contribution in [0, 0.1) is 0 Å². The van der Waals surface area contributed by atoms with Gasteiger partial charge < -0.3 is 19.3 Å². The lowest BCUT2D eigenvalue weighted by atomic mass is 10.0. The Morgan fingerprint density at radius 1 is 0.610 bits per heavy atom. The average molecular weight is 579 g/mol. The van der Waals surface area contributed by atoms with E-state index in [1.807, 2.05) is 0 Å². The minimum atomic E-state index is -0.488. The summed E-state index contributed by atoms with van der Waals surface area (Å²) in [4.78, 5) is 16.8. The van der Waals surface area contributed by atoms with Gasteiger partial charge in [-0.05, 0) is 78.9 Å². The molecule has 5 heteroatoms. The van der Waals surface area contributed by atoms with Crippen molar-refractivity contribution in [3.63, 3.8) is 0 Å². The topological polar surface area (TPSA) is 42.0 Å². The highest BCUT2D eigenvalue weighted by Crippen LogP contribution is 2.18. The minimum absolute atomic E-state index is 0.00739. The van der Waals surface area contributed by atoms with Gasteiger partial charge in [0.05, 0.1) is 0 Å². The molecule has 0 aromatic heterocycles. The summed E-state index contributed by atoms with van der Waals surface area (Å²) >= 11 is 0. The lowest BCUT2D eigenvalue weighted by molar-refractivity contribution is 0.0129. The number of carbonyl (C=O) groups excluding carboxylic acids is 1. The number of ether oxygens (including phenoxy) is 2. The first-order valence-electron chi connectivity index (χ1n) is 17.5. The molecule has 0 rings (SSSR count). The lowest BCUT2D eigenvalue weighted by Crippen LogP contribution is -2.31. The molecule has 0 aromatic rings. The molecule has 0 radical (unpaired) electrons. The molecule has 0 aliphatic heterocycles. The molecule has 5 nitrogen and oxygen atoms in total. The Morgan fingerprint density at radius 3 is 1.66 bits per heavy atom. The maximum absolute atomic E-state index is 12.4. The van der Waals surface area contributed by atoms with Gasteiger partial charge in [0.2, 0.25) is 0 Å². The quantitative estimate of drug-likeness (QED) is 0.0482. The normalized spacial score (nSPS) is 12.8. The molecule has 0 aliphatic carbocycles. The third-order valence-electron chi connectivity index (χ3n) is 7.74. The SMILES string of the molecule is CCCCC/C=C\C/C=C\CCCCCCCC(CCCCCCCCCC)OC(=O)OCCN(C)CCN(C)C. The molecule has 0 N–H and O–H groups in total. The van der Waals surface area contributed by atoms with E-state index in [1.54, 1.807) is 0 Å². The maximum atomic E-state index is 12.4. The largest absolute Gasteiger partial charge is 0.508 e. The number of nitrogens with zero attached hydrogens (tertiary/aromatic N) is 2. The molecule has 0 saturated carbocycles. The third-order valence-corrected chi connectivity index (χ3v) is 7.74. The summed E-state index contributed by atoms with van der Waals surface area (Å²) in [6.07, 6.45) is 34.7. The molecule has 0 fully saturated rings. The predicted octanol–water partition coefficient (Wildman–Crippen LogP) is 10.3. The highest BCUT2D eigenvalue weighted by Gasteiger charge is 2.15. The van der Waals surface area contributed by atoms with Crippen LogP contribution >= 0.6 is 0 Å². The smallest absolute Gasteiger partial charge is 0.433 e. The van der Waals surface area contributed by atoms with E-state index in [2.05, 4.69) is 69.1 Å². The number of rotatable bonds is 30. The number of carbonyl (C=O) groups is 1. The van der Waals surface area contributed by atoms with Crippen molar-refractivity contribution in [3.8, 4) is 0 Å². The monoisotopic (exact) mass is 579 g/mol. The van der Waals surface area contributed by atoms with Crippen molar-refractivity contribution in [1.29, 1.82) is 0 Å². The Kier molecular flexibility index (Phi) is 30.6. The molecule has 1 unspecified atom stereocenters. The van der Waals surface area contributed by atoms with Gasteiger partial charge in [-0.1, -0.05) is 115 Å². The van der Waals surface area contributed by atoms with Crippen molar-refractivity contribution in [2.45, 2.75) is 155 Å². The summed E-state index contributed by atoms with van der Waals surface area (Å²) in [5.74, 6) is 0. The Labute approximate surface area is 256 Å². The summed E-state index contributed by atoms with van der Waals surface area (Å²) in [6.45, 7) is 7.59. The summed E-state index contributed by atoms with van der Waals surface area (Å²) in [5.41, 5.74) is 0. The van der Waals surface area contributed by atoms with Gasteiger partial charge in [0.1, 0.15) is 12.7 Å².